The predicted octanol–water partition coefficient (Wildman–Crippen LogP) is 1.25. The van der Waals surface area contributed by atoms with E-state index in [0.29, 0.717) is 17.1 Å². The van der Waals surface area contributed by atoms with E-state index in [2.05, 4.69) is 5.32 Å². The first-order valence-corrected chi connectivity index (χ1v) is 12.2. The van der Waals surface area contributed by atoms with Gasteiger partial charge in [-0.3, -0.25) is 13.4 Å². The highest BCUT2D eigenvalue weighted by Crippen LogP contribution is 2.34. The Kier molecular flexibility index (Phi) is 5.46. The quantitative estimate of drug-likeness (QED) is 0.750. The molecule has 1 atom stereocenters. The van der Waals surface area contributed by atoms with Gasteiger partial charge >= 0.3 is 0 Å². The molecule has 0 saturated heterocycles. The highest BCUT2D eigenvalue weighted by molar-refractivity contribution is 7.92. The fourth-order valence-corrected chi connectivity index (χ4v) is 4.26. The lowest BCUT2D eigenvalue weighted by atomic mass is 10.2. The maximum Gasteiger partial charge on any atom is 0.267 e. The standard InChI is InChI=1S/C18H21N3O6S2/c1-20(28(2,23)24)14-8-6-7-13(11-14)19-18(22)17-12-21(29(3,25)26)15-9-4-5-10-16(15)27-17/h4-11,17H,12H2,1-3H3,(H,19,22)/t17-/m0/s1. The molecule has 0 fully saturated rings. The number of para-hydroxylation sites is 2. The molecule has 3 rings (SSSR count). The van der Waals surface area contributed by atoms with Gasteiger partial charge < -0.3 is 10.1 Å². The minimum Gasteiger partial charge on any atom is -0.476 e. The second-order valence-electron chi connectivity index (χ2n) is 6.64. The van der Waals surface area contributed by atoms with Crippen molar-refractivity contribution in [3.63, 3.8) is 0 Å². The topological polar surface area (TPSA) is 113 Å². The number of carbonyl (C=O) groups is 1. The third-order valence-corrected chi connectivity index (χ3v) is 6.75. The van der Waals surface area contributed by atoms with Crippen LogP contribution in [0.4, 0.5) is 17.1 Å². The zero-order valence-electron chi connectivity index (χ0n) is 16.1. The molecule has 1 amide bonds. The molecule has 11 heteroatoms. The number of amides is 1. The summed E-state index contributed by atoms with van der Waals surface area (Å²) in [7, 11) is -5.66. The van der Waals surface area contributed by atoms with Crippen molar-refractivity contribution in [1.29, 1.82) is 0 Å². The van der Waals surface area contributed by atoms with Crippen LogP contribution in [0, 0.1) is 0 Å². The summed E-state index contributed by atoms with van der Waals surface area (Å²) in [6, 6.07) is 12.9. The third-order valence-electron chi connectivity index (χ3n) is 4.40. The summed E-state index contributed by atoms with van der Waals surface area (Å²) >= 11 is 0. The van der Waals surface area contributed by atoms with Gasteiger partial charge in [0.15, 0.2) is 6.10 Å². The Bertz CT molecular complexity index is 1150. The average molecular weight is 440 g/mol. The summed E-state index contributed by atoms with van der Waals surface area (Å²) in [5.41, 5.74) is 1.10. The van der Waals surface area contributed by atoms with Crippen LogP contribution in [0.5, 0.6) is 5.75 Å². The van der Waals surface area contributed by atoms with E-state index in [0.717, 1.165) is 21.1 Å². The van der Waals surface area contributed by atoms with Gasteiger partial charge in [0.25, 0.3) is 5.91 Å². The van der Waals surface area contributed by atoms with Crippen molar-refractivity contribution in [3.8, 4) is 5.75 Å². The van der Waals surface area contributed by atoms with E-state index in [1.807, 2.05) is 0 Å². The third kappa shape index (κ3) is 4.62. The van der Waals surface area contributed by atoms with Gasteiger partial charge in [0.1, 0.15) is 5.75 Å². The second-order valence-corrected chi connectivity index (χ2v) is 10.6. The van der Waals surface area contributed by atoms with Crippen LogP contribution in [-0.4, -0.2) is 55.0 Å². The van der Waals surface area contributed by atoms with Gasteiger partial charge in [0.2, 0.25) is 20.0 Å². The fourth-order valence-electron chi connectivity index (χ4n) is 2.85. The number of ether oxygens (including phenoxy) is 1. The lowest BCUT2D eigenvalue weighted by molar-refractivity contribution is -0.122. The summed E-state index contributed by atoms with van der Waals surface area (Å²) < 4.78 is 55.7. The number of fused-ring (bicyclic) bond motifs is 1. The number of nitrogens with zero attached hydrogens (tertiary/aromatic N) is 2. The zero-order chi connectivity index (χ0) is 21.4. The molecule has 0 unspecified atom stereocenters. The molecule has 1 N–H and O–H groups in total. The molecule has 2 aromatic carbocycles. The van der Waals surface area contributed by atoms with E-state index in [-0.39, 0.29) is 12.3 Å². The molecule has 29 heavy (non-hydrogen) atoms. The van der Waals surface area contributed by atoms with Crippen molar-refractivity contribution in [2.45, 2.75) is 6.10 Å². The van der Waals surface area contributed by atoms with Gasteiger partial charge in [0, 0.05) is 12.7 Å². The molecule has 0 saturated carbocycles. The summed E-state index contributed by atoms with van der Waals surface area (Å²) in [6.45, 7) is -0.176. The van der Waals surface area contributed by atoms with Gasteiger partial charge in [-0.1, -0.05) is 18.2 Å². The van der Waals surface area contributed by atoms with Crippen molar-refractivity contribution < 1.29 is 26.4 Å². The highest BCUT2D eigenvalue weighted by atomic mass is 32.2. The number of rotatable bonds is 5. The maximum absolute atomic E-state index is 12.7. The Hall–Kier alpha value is -2.79. The molecule has 0 radical (unpaired) electrons. The molecule has 1 aliphatic rings. The smallest absolute Gasteiger partial charge is 0.267 e. The number of nitrogens with one attached hydrogen (secondary N) is 1. The van der Waals surface area contributed by atoms with Crippen molar-refractivity contribution >= 4 is 43.0 Å². The van der Waals surface area contributed by atoms with Gasteiger partial charge in [-0.2, -0.15) is 0 Å². The Labute approximate surface area is 170 Å². The Morgan fingerprint density at radius 1 is 1.10 bits per heavy atom. The Balaban J connectivity index is 1.83. The monoisotopic (exact) mass is 439 g/mol. The molecule has 1 aliphatic heterocycles. The maximum atomic E-state index is 12.7. The first-order valence-electron chi connectivity index (χ1n) is 8.55. The van der Waals surface area contributed by atoms with Crippen LogP contribution < -0.4 is 18.7 Å². The number of benzene rings is 2. The van der Waals surface area contributed by atoms with Crippen molar-refractivity contribution in [2.75, 3.05) is 40.0 Å². The first kappa shape index (κ1) is 20.9. The van der Waals surface area contributed by atoms with E-state index in [1.54, 1.807) is 42.5 Å². The van der Waals surface area contributed by atoms with Gasteiger partial charge in [-0.25, -0.2) is 16.8 Å². The molecule has 0 bridgehead atoms. The number of hydrogen-bond acceptors (Lipinski definition) is 6. The highest BCUT2D eigenvalue weighted by Gasteiger charge is 2.34. The fraction of sp³-hybridized carbons (Fsp3) is 0.278. The summed E-state index contributed by atoms with van der Waals surface area (Å²) in [6.07, 6.45) is 1.07. The number of sulfonamides is 2. The molecule has 9 nitrogen and oxygen atoms in total. The van der Waals surface area contributed by atoms with Crippen LogP contribution >= 0.6 is 0 Å². The molecule has 1 heterocycles. The molecule has 0 aromatic heterocycles. The summed E-state index contributed by atoms with van der Waals surface area (Å²) in [4.78, 5) is 12.7. The Morgan fingerprint density at radius 3 is 2.45 bits per heavy atom. The lowest BCUT2D eigenvalue weighted by Crippen LogP contribution is -2.48. The lowest BCUT2D eigenvalue weighted by Gasteiger charge is -2.33. The molecular weight excluding hydrogens is 418 g/mol. The normalized spacial score (nSPS) is 16.5. The van der Waals surface area contributed by atoms with Crippen molar-refractivity contribution in [1.82, 2.24) is 0 Å². The molecular formula is C18H21N3O6S2. The average Bonchev–Trinajstić information content (AvgIpc) is 2.65. The second kappa shape index (κ2) is 7.56. The van der Waals surface area contributed by atoms with E-state index < -0.39 is 32.1 Å². The largest absolute Gasteiger partial charge is 0.476 e. The molecule has 0 spiro atoms. The molecule has 0 aliphatic carbocycles. The SMILES string of the molecule is CN(c1cccc(NC(=O)[C@@H]2CN(S(C)(=O)=O)c3ccccc3O2)c1)S(C)(=O)=O. The Morgan fingerprint density at radius 2 is 1.79 bits per heavy atom. The van der Waals surface area contributed by atoms with E-state index in [1.165, 1.54) is 13.1 Å². The van der Waals surface area contributed by atoms with Crippen molar-refractivity contribution in [2.24, 2.45) is 0 Å². The molecule has 156 valence electrons. The predicted molar refractivity (Wildman–Crippen MR) is 111 cm³/mol. The van der Waals surface area contributed by atoms with Gasteiger partial charge in [0.05, 0.1) is 30.4 Å². The van der Waals surface area contributed by atoms with Crippen molar-refractivity contribution in [3.05, 3.63) is 48.5 Å². The van der Waals surface area contributed by atoms with Crippen LogP contribution in [-0.2, 0) is 24.8 Å². The first-order chi connectivity index (χ1) is 13.5. The minimum atomic E-state index is -3.61. The van der Waals surface area contributed by atoms with E-state index in [4.69, 9.17) is 4.74 Å². The van der Waals surface area contributed by atoms with E-state index >= 15 is 0 Å². The zero-order valence-corrected chi connectivity index (χ0v) is 17.7. The van der Waals surface area contributed by atoms with Crippen LogP contribution in [0.25, 0.3) is 0 Å². The van der Waals surface area contributed by atoms with Crippen LogP contribution in [0.1, 0.15) is 0 Å². The summed E-state index contributed by atoms with van der Waals surface area (Å²) in [5.74, 6) is -0.262. The van der Waals surface area contributed by atoms with Crippen LogP contribution in [0.2, 0.25) is 0 Å². The van der Waals surface area contributed by atoms with Gasteiger partial charge in [-0.15, -0.1) is 0 Å². The number of anilines is 3. The van der Waals surface area contributed by atoms with E-state index in [9.17, 15) is 21.6 Å². The summed E-state index contributed by atoms with van der Waals surface area (Å²) in [5, 5.41) is 2.65. The number of hydrogen-bond donors (Lipinski definition) is 1. The van der Waals surface area contributed by atoms with Crippen LogP contribution in [0.3, 0.4) is 0 Å². The molecule has 2 aromatic rings. The minimum absolute atomic E-state index is 0.176. The van der Waals surface area contributed by atoms with Crippen LogP contribution in [0.15, 0.2) is 48.5 Å². The van der Waals surface area contributed by atoms with Gasteiger partial charge in [-0.05, 0) is 30.3 Å². The number of carbonyl (C=O) groups excluding carboxylic acids is 1.